The summed E-state index contributed by atoms with van der Waals surface area (Å²) in [6.45, 7) is 6.65. The third-order valence-electron chi connectivity index (χ3n) is 5.34. The van der Waals surface area contributed by atoms with Crippen molar-refractivity contribution in [1.82, 2.24) is 24.1 Å². The number of carbonyl (C=O) groups excluding carboxylic acids is 1. The highest BCUT2D eigenvalue weighted by atomic mass is 16.5. The van der Waals surface area contributed by atoms with Gasteiger partial charge in [-0.1, -0.05) is 12.1 Å². The van der Waals surface area contributed by atoms with Crippen LogP contribution in [0.25, 0.3) is 16.7 Å². The molecule has 3 aromatic heterocycles. The molecular formula is C22H25N5O3. The highest BCUT2D eigenvalue weighted by molar-refractivity contribution is 5.74. The van der Waals surface area contributed by atoms with E-state index in [0.717, 1.165) is 39.3 Å². The van der Waals surface area contributed by atoms with E-state index in [1.54, 1.807) is 4.57 Å². The van der Waals surface area contributed by atoms with Gasteiger partial charge in [0.15, 0.2) is 5.65 Å². The fraction of sp³-hybridized carbons (Fsp3) is 0.364. The number of esters is 1. The number of H-pyrrole nitrogens is 1. The summed E-state index contributed by atoms with van der Waals surface area (Å²) < 4.78 is 8.87. The molecule has 0 aliphatic heterocycles. The zero-order valence-corrected chi connectivity index (χ0v) is 17.4. The molecule has 30 heavy (non-hydrogen) atoms. The van der Waals surface area contributed by atoms with Crippen LogP contribution in [0.5, 0.6) is 0 Å². The van der Waals surface area contributed by atoms with E-state index in [1.165, 1.54) is 0 Å². The third-order valence-corrected chi connectivity index (χ3v) is 5.34. The highest BCUT2D eigenvalue weighted by Crippen LogP contribution is 2.17. The molecule has 0 aliphatic rings. The molecule has 0 fully saturated rings. The number of rotatable bonds is 7. The van der Waals surface area contributed by atoms with Crippen molar-refractivity contribution < 1.29 is 9.53 Å². The number of para-hydroxylation sites is 2. The second-order valence-electron chi connectivity index (χ2n) is 7.49. The van der Waals surface area contributed by atoms with Crippen molar-refractivity contribution in [2.24, 2.45) is 0 Å². The van der Waals surface area contributed by atoms with E-state index in [-0.39, 0.29) is 24.7 Å². The molecule has 0 aliphatic carbocycles. The number of aromatic amines is 1. The lowest BCUT2D eigenvalue weighted by molar-refractivity contribution is -0.143. The minimum Gasteiger partial charge on any atom is -0.466 e. The summed E-state index contributed by atoms with van der Waals surface area (Å²) in [6.07, 6.45) is 1.41. The van der Waals surface area contributed by atoms with E-state index >= 15 is 0 Å². The molecule has 0 unspecified atom stereocenters. The fourth-order valence-electron chi connectivity index (χ4n) is 3.84. The minimum atomic E-state index is -0.253. The molecule has 4 aromatic rings. The van der Waals surface area contributed by atoms with Crippen molar-refractivity contribution in [3.63, 3.8) is 0 Å². The van der Waals surface area contributed by atoms with E-state index < -0.39 is 0 Å². The largest absolute Gasteiger partial charge is 0.466 e. The number of hydrogen-bond donors (Lipinski definition) is 1. The molecule has 1 aromatic carbocycles. The van der Waals surface area contributed by atoms with Gasteiger partial charge in [0.05, 0.1) is 23.3 Å². The molecule has 0 bridgehead atoms. The first kappa shape index (κ1) is 19.9. The summed E-state index contributed by atoms with van der Waals surface area (Å²) >= 11 is 0. The number of nitrogens with zero attached hydrogens (tertiary/aromatic N) is 4. The maximum atomic E-state index is 12.2. The summed E-state index contributed by atoms with van der Waals surface area (Å²) in [5.41, 5.74) is 6.18. The average molecular weight is 407 g/mol. The molecule has 0 saturated carbocycles. The zero-order chi connectivity index (χ0) is 21.3. The number of benzene rings is 1. The van der Waals surface area contributed by atoms with Crippen LogP contribution >= 0.6 is 0 Å². The van der Waals surface area contributed by atoms with Crippen molar-refractivity contribution >= 4 is 22.6 Å². The number of ether oxygens (including phenoxy) is 1. The monoisotopic (exact) mass is 407 g/mol. The van der Waals surface area contributed by atoms with Crippen molar-refractivity contribution in [2.75, 3.05) is 6.61 Å². The van der Waals surface area contributed by atoms with Crippen LogP contribution in [0.15, 0.2) is 35.1 Å². The molecule has 0 saturated heterocycles. The Bertz CT molecular complexity index is 1280. The quantitative estimate of drug-likeness (QED) is 0.376. The van der Waals surface area contributed by atoms with E-state index in [2.05, 4.69) is 15.1 Å². The second-order valence-corrected chi connectivity index (χ2v) is 7.49. The summed E-state index contributed by atoms with van der Waals surface area (Å²) in [4.78, 5) is 31.7. The average Bonchev–Trinajstić information content (AvgIpc) is 3.23. The Hall–Kier alpha value is -3.42. The van der Waals surface area contributed by atoms with E-state index in [9.17, 15) is 9.59 Å². The van der Waals surface area contributed by atoms with E-state index in [0.29, 0.717) is 19.4 Å². The van der Waals surface area contributed by atoms with Gasteiger partial charge in [-0.3, -0.25) is 9.36 Å². The molecule has 0 radical (unpaired) electrons. The maximum absolute atomic E-state index is 12.2. The zero-order valence-electron chi connectivity index (χ0n) is 17.4. The van der Waals surface area contributed by atoms with Gasteiger partial charge in [0.25, 0.3) is 0 Å². The third kappa shape index (κ3) is 3.85. The number of carbonyl (C=O) groups is 1. The Kier molecular flexibility index (Phi) is 5.39. The Morgan fingerprint density at radius 2 is 2.00 bits per heavy atom. The number of aromatic nitrogens is 5. The lowest BCUT2D eigenvalue weighted by Gasteiger charge is -2.11. The van der Waals surface area contributed by atoms with Gasteiger partial charge in [0.1, 0.15) is 0 Å². The number of fused-ring (bicyclic) bond motifs is 2. The first-order chi connectivity index (χ1) is 14.4. The molecule has 0 amide bonds. The van der Waals surface area contributed by atoms with E-state index in [1.807, 2.05) is 55.6 Å². The molecule has 8 heteroatoms. The first-order valence-electron chi connectivity index (χ1n) is 10.1. The number of hydrogen-bond acceptors (Lipinski definition) is 5. The smallest absolute Gasteiger partial charge is 0.326 e. The molecule has 3 heterocycles. The SMILES string of the molecule is Cc1cc2nc(C)c(CCC(=O)OCCCn3c(=O)[nH]c4ccccc43)c(C)n2n1. The van der Waals surface area contributed by atoms with Gasteiger partial charge < -0.3 is 9.72 Å². The van der Waals surface area contributed by atoms with Gasteiger partial charge >= 0.3 is 11.7 Å². The summed E-state index contributed by atoms with van der Waals surface area (Å²) in [5, 5.41) is 4.46. The van der Waals surface area contributed by atoms with Crippen molar-refractivity contribution in [1.29, 1.82) is 0 Å². The Morgan fingerprint density at radius 3 is 2.83 bits per heavy atom. The van der Waals surface area contributed by atoms with Crippen molar-refractivity contribution in [3.8, 4) is 0 Å². The van der Waals surface area contributed by atoms with Gasteiger partial charge in [-0.15, -0.1) is 0 Å². The van der Waals surface area contributed by atoms with Gasteiger partial charge in [0, 0.05) is 30.4 Å². The molecule has 0 atom stereocenters. The molecule has 4 rings (SSSR count). The Balaban J connectivity index is 1.31. The summed E-state index contributed by atoms with van der Waals surface area (Å²) in [6, 6.07) is 9.49. The standard InChI is InChI=1S/C22H25N5O3/c1-14-13-20-23-15(2)17(16(3)27(20)25-14)9-10-21(28)30-12-6-11-26-19-8-5-4-7-18(19)24-22(26)29/h4-5,7-8,13H,6,9-12H2,1-3H3,(H,24,29). The van der Waals surface area contributed by atoms with Gasteiger partial charge in [-0.05, 0) is 51.3 Å². The Labute approximate surface area is 173 Å². The molecule has 156 valence electrons. The van der Waals surface area contributed by atoms with Crippen LogP contribution in [-0.4, -0.2) is 36.7 Å². The lowest BCUT2D eigenvalue weighted by atomic mass is 10.1. The first-order valence-corrected chi connectivity index (χ1v) is 10.1. The van der Waals surface area contributed by atoms with Crippen LogP contribution in [0, 0.1) is 20.8 Å². The normalized spacial score (nSPS) is 11.4. The molecule has 0 spiro atoms. The van der Waals surface area contributed by atoms with Crippen molar-refractivity contribution in [2.45, 2.75) is 46.6 Å². The highest BCUT2D eigenvalue weighted by Gasteiger charge is 2.13. The topological polar surface area (TPSA) is 94.3 Å². The van der Waals surface area contributed by atoms with Crippen LogP contribution < -0.4 is 5.69 Å². The molecule has 8 nitrogen and oxygen atoms in total. The predicted molar refractivity (Wildman–Crippen MR) is 114 cm³/mol. The summed E-state index contributed by atoms with van der Waals surface area (Å²) in [7, 11) is 0. The Morgan fingerprint density at radius 1 is 1.20 bits per heavy atom. The van der Waals surface area contributed by atoms with Crippen LogP contribution in [0.4, 0.5) is 0 Å². The van der Waals surface area contributed by atoms with Gasteiger partial charge in [0.2, 0.25) is 0 Å². The van der Waals surface area contributed by atoms with Crippen LogP contribution in [0.2, 0.25) is 0 Å². The number of nitrogens with one attached hydrogen (secondary N) is 1. The van der Waals surface area contributed by atoms with Crippen molar-refractivity contribution in [3.05, 3.63) is 63.5 Å². The summed E-state index contributed by atoms with van der Waals surface area (Å²) in [5.74, 6) is -0.253. The van der Waals surface area contributed by atoms with Crippen LogP contribution in [0.1, 0.15) is 35.5 Å². The second kappa shape index (κ2) is 8.14. The molecule has 1 N–H and O–H groups in total. The van der Waals surface area contributed by atoms with Crippen LogP contribution in [-0.2, 0) is 22.5 Å². The predicted octanol–water partition coefficient (Wildman–Crippen LogP) is 2.86. The van der Waals surface area contributed by atoms with Crippen LogP contribution in [0.3, 0.4) is 0 Å². The minimum absolute atomic E-state index is 0.148. The number of aryl methyl sites for hydroxylation is 4. The number of imidazole rings is 1. The molecular weight excluding hydrogens is 382 g/mol. The lowest BCUT2D eigenvalue weighted by Crippen LogP contribution is -2.18. The maximum Gasteiger partial charge on any atom is 0.326 e. The van der Waals surface area contributed by atoms with E-state index in [4.69, 9.17) is 4.74 Å². The van der Waals surface area contributed by atoms with Gasteiger partial charge in [-0.25, -0.2) is 14.3 Å². The fourth-order valence-corrected chi connectivity index (χ4v) is 3.84. The van der Waals surface area contributed by atoms with Gasteiger partial charge in [-0.2, -0.15) is 5.10 Å².